The molecular formula is C29H36N2Si. The molecule has 3 heteroatoms. The van der Waals surface area contributed by atoms with Gasteiger partial charge in [0.15, 0.2) is 8.24 Å². The minimum Gasteiger partial charge on any atom is -0.325 e. The Morgan fingerprint density at radius 3 is 1.75 bits per heavy atom. The van der Waals surface area contributed by atoms with Gasteiger partial charge in [-0.3, -0.25) is 4.90 Å². The zero-order valence-electron chi connectivity index (χ0n) is 19.7. The van der Waals surface area contributed by atoms with E-state index >= 15 is 0 Å². The number of nitrogens with zero attached hydrogens (tertiary/aromatic N) is 1. The molecule has 2 nitrogen and oxygen atoms in total. The first-order valence-corrected chi connectivity index (χ1v) is 14.3. The van der Waals surface area contributed by atoms with Crippen LogP contribution in [0.1, 0.15) is 62.7 Å². The maximum absolute atomic E-state index is 4.32. The largest absolute Gasteiger partial charge is 0.325 e. The summed E-state index contributed by atoms with van der Waals surface area (Å²) in [6.07, 6.45) is 3.88. The summed E-state index contributed by atoms with van der Waals surface area (Å²) in [6.45, 7) is 9.48. The summed E-state index contributed by atoms with van der Waals surface area (Å²) < 4.78 is 0. The quantitative estimate of drug-likeness (QED) is 0.562. The van der Waals surface area contributed by atoms with E-state index in [1.54, 1.807) is 11.1 Å². The number of likely N-dealkylation sites (tertiary alicyclic amines) is 1. The molecule has 2 aliphatic rings. The van der Waals surface area contributed by atoms with Crippen molar-refractivity contribution in [3.8, 4) is 0 Å². The molecule has 32 heavy (non-hydrogen) atoms. The van der Waals surface area contributed by atoms with Crippen LogP contribution < -0.4 is 15.4 Å². The number of fused-ring (bicyclic) bond motifs is 1. The van der Waals surface area contributed by atoms with Gasteiger partial charge in [-0.05, 0) is 74.6 Å². The Morgan fingerprint density at radius 2 is 1.22 bits per heavy atom. The van der Waals surface area contributed by atoms with Crippen LogP contribution in [0.2, 0.25) is 0 Å². The van der Waals surface area contributed by atoms with Gasteiger partial charge in [0.25, 0.3) is 0 Å². The molecule has 0 amide bonds. The Hall–Kier alpha value is -2.20. The molecule has 3 aromatic carbocycles. The molecule has 1 aliphatic heterocycles. The molecule has 2 unspecified atom stereocenters. The van der Waals surface area contributed by atoms with Crippen LogP contribution in [0.3, 0.4) is 0 Å². The highest BCUT2D eigenvalue weighted by molar-refractivity contribution is 7.01. The van der Waals surface area contributed by atoms with Crippen LogP contribution in [-0.2, 0) is 0 Å². The third kappa shape index (κ3) is 3.87. The number of rotatable bonds is 5. The average molecular weight is 441 g/mol. The monoisotopic (exact) mass is 440 g/mol. The Morgan fingerprint density at radius 1 is 0.719 bits per heavy atom. The molecule has 166 valence electrons. The molecular weight excluding hydrogens is 404 g/mol. The van der Waals surface area contributed by atoms with E-state index in [0.717, 1.165) is 0 Å². The van der Waals surface area contributed by atoms with Crippen molar-refractivity contribution in [3.05, 3.63) is 96.1 Å². The predicted octanol–water partition coefficient (Wildman–Crippen LogP) is 5.00. The van der Waals surface area contributed by atoms with Crippen LogP contribution >= 0.6 is 0 Å². The molecule has 1 heterocycles. The maximum Gasteiger partial charge on any atom is 0.197 e. The topological polar surface area (TPSA) is 15.3 Å². The summed E-state index contributed by atoms with van der Waals surface area (Å²) in [5, 5.41) is 2.98. The third-order valence-electron chi connectivity index (χ3n) is 7.32. The van der Waals surface area contributed by atoms with Crippen LogP contribution in [0, 0.1) is 0 Å². The summed E-state index contributed by atoms with van der Waals surface area (Å²) in [5.41, 5.74) is 3.64. The lowest BCUT2D eigenvalue weighted by Gasteiger charge is -2.44. The first kappa shape index (κ1) is 21.6. The standard InChI is InChI=1S/C29H36N2Si/c1-29(2,3)30-32(23-14-6-4-7-15-23,24-16-8-5-9-17-24)28-22-27(31-20-12-13-21-31)25-18-10-11-19-26(25)28/h4-11,14-19,27-28,30H,12-13,20-22H2,1-3H3. The van der Waals surface area contributed by atoms with Crippen molar-refractivity contribution < 1.29 is 0 Å². The number of hydrogen-bond acceptors (Lipinski definition) is 2. The van der Waals surface area contributed by atoms with Gasteiger partial charge in [-0.2, -0.15) is 0 Å². The van der Waals surface area contributed by atoms with Crippen LogP contribution in [-0.4, -0.2) is 31.8 Å². The summed E-state index contributed by atoms with van der Waals surface area (Å²) in [4.78, 5) is 7.07. The molecule has 0 saturated carbocycles. The van der Waals surface area contributed by atoms with Crippen molar-refractivity contribution in [1.29, 1.82) is 0 Å². The number of benzene rings is 3. The van der Waals surface area contributed by atoms with Crippen molar-refractivity contribution in [1.82, 2.24) is 9.88 Å². The van der Waals surface area contributed by atoms with Crippen LogP contribution in [0.4, 0.5) is 0 Å². The first-order valence-electron chi connectivity index (χ1n) is 12.2. The van der Waals surface area contributed by atoms with E-state index < -0.39 is 8.24 Å². The molecule has 1 N–H and O–H groups in total. The SMILES string of the molecule is CC(C)(C)N[Si](c1ccccc1)(c1ccccc1)C1CC(N2CCCC2)c2ccccc21. The van der Waals surface area contributed by atoms with Gasteiger partial charge in [0, 0.05) is 17.1 Å². The van der Waals surface area contributed by atoms with Gasteiger partial charge in [-0.15, -0.1) is 0 Å². The fraction of sp³-hybridized carbons (Fsp3) is 0.379. The van der Waals surface area contributed by atoms with E-state index in [4.69, 9.17) is 0 Å². The number of nitrogens with one attached hydrogen (secondary N) is 1. The molecule has 0 radical (unpaired) electrons. The summed E-state index contributed by atoms with van der Waals surface area (Å²) >= 11 is 0. The highest BCUT2D eigenvalue weighted by Gasteiger charge is 2.52. The van der Waals surface area contributed by atoms with E-state index in [1.165, 1.54) is 42.7 Å². The smallest absolute Gasteiger partial charge is 0.197 e. The molecule has 3 aromatic rings. The molecule has 1 fully saturated rings. The lowest BCUT2D eigenvalue weighted by atomic mass is 10.1. The van der Waals surface area contributed by atoms with E-state index in [0.29, 0.717) is 11.6 Å². The minimum absolute atomic E-state index is 0.0125. The molecule has 0 spiro atoms. The van der Waals surface area contributed by atoms with Crippen molar-refractivity contribution in [2.75, 3.05) is 13.1 Å². The second kappa shape index (κ2) is 8.62. The van der Waals surface area contributed by atoms with Crippen molar-refractivity contribution >= 4 is 18.6 Å². The highest BCUT2D eigenvalue weighted by atomic mass is 28.3. The second-order valence-corrected chi connectivity index (χ2v) is 14.3. The van der Waals surface area contributed by atoms with Gasteiger partial charge in [0.05, 0.1) is 0 Å². The fourth-order valence-electron chi connectivity index (χ4n) is 6.21. The second-order valence-electron chi connectivity index (χ2n) is 10.6. The molecule has 1 aliphatic carbocycles. The van der Waals surface area contributed by atoms with Gasteiger partial charge < -0.3 is 4.98 Å². The lowest BCUT2D eigenvalue weighted by Crippen LogP contribution is -2.75. The number of hydrogen-bond donors (Lipinski definition) is 1. The van der Waals surface area contributed by atoms with Gasteiger partial charge in [-0.25, -0.2) is 0 Å². The van der Waals surface area contributed by atoms with Gasteiger partial charge in [0.1, 0.15) is 0 Å². The predicted molar refractivity (Wildman–Crippen MR) is 138 cm³/mol. The van der Waals surface area contributed by atoms with Crippen molar-refractivity contribution in [3.63, 3.8) is 0 Å². The van der Waals surface area contributed by atoms with Crippen LogP contribution in [0.5, 0.6) is 0 Å². The Balaban J connectivity index is 1.73. The molecule has 0 bridgehead atoms. The zero-order chi connectivity index (χ0) is 22.2. The fourth-order valence-corrected chi connectivity index (χ4v) is 11.7. The minimum atomic E-state index is -2.37. The molecule has 5 rings (SSSR count). The molecule has 0 aromatic heterocycles. The van der Waals surface area contributed by atoms with Crippen molar-refractivity contribution in [2.24, 2.45) is 0 Å². The first-order chi connectivity index (χ1) is 15.5. The molecule has 1 saturated heterocycles. The summed E-state index contributed by atoms with van der Waals surface area (Å²) in [6, 6.07) is 32.6. The van der Waals surface area contributed by atoms with Gasteiger partial charge in [0.2, 0.25) is 0 Å². The maximum atomic E-state index is 4.32. The van der Waals surface area contributed by atoms with E-state index in [-0.39, 0.29) is 5.54 Å². The summed E-state index contributed by atoms with van der Waals surface area (Å²) in [5.74, 6) is 0. The molecule has 2 atom stereocenters. The van der Waals surface area contributed by atoms with Crippen LogP contribution in [0.15, 0.2) is 84.9 Å². The van der Waals surface area contributed by atoms with E-state index in [1.807, 2.05) is 0 Å². The zero-order valence-corrected chi connectivity index (χ0v) is 20.7. The normalized spacial score (nSPS) is 21.6. The Kier molecular flexibility index (Phi) is 5.83. The highest BCUT2D eigenvalue weighted by Crippen LogP contribution is 2.48. The van der Waals surface area contributed by atoms with E-state index in [2.05, 4.69) is 116 Å². The van der Waals surface area contributed by atoms with Gasteiger partial charge in [-0.1, -0.05) is 84.9 Å². The van der Waals surface area contributed by atoms with Crippen molar-refractivity contribution in [2.45, 2.75) is 57.2 Å². The Labute approximate surface area is 194 Å². The summed E-state index contributed by atoms with van der Waals surface area (Å²) in [7, 11) is -2.37. The average Bonchev–Trinajstić information content (AvgIpc) is 3.46. The van der Waals surface area contributed by atoms with Gasteiger partial charge >= 0.3 is 0 Å². The third-order valence-corrected chi connectivity index (χ3v) is 12.5. The lowest BCUT2D eigenvalue weighted by molar-refractivity contribution is 0.243. The Bertz CT molecular complexity index is 996. The van der Waals surface area contributed by atoms with E-state index in [9.17, 15) is 0 Å². The van der Waals surface area contributed by atoms with Crippen LogP contribution in [0.25, 0.3) is 0 Å².